The standard InChI is InChI=1S/C8H14BIN2/c1-5(2)7-4-11-6(3)12-8(7)9-10/h5,7,9H,4H2,1-3H3. The molecule has 1 aliphatic rings. The van der Waals surface area contributed by atoms with Crippen molar-refractivity contribution in [2.45, 2.75) is 20.8 Å². The highest BCUT2D eigenvalue weighted by Crippen LogP contribution is 2.17. The zero-order valence-corrected chi connectivity index (χ0v) is 10.00. The van der Waals surface area contributed by atoms with Crippen LogP contribution in [0, 0.1) is 11.8 Å². The van der Waals surface area contributed by atoms with Crippen LogP contribution in [0.2, 0.25) is 0 Å². The fraction of sp³-hybridized carbons (Fsp3) is 0.750. The smallest absolute Gasteiger partial charge is 0.251 e. The Kier molecular flexibility index (Phi) is 3.74. The summed E-state index contributed by atoms with van der Waals surface area (Å²) in [6.45, 7) is 7.39. The molecular formula is C8H14BIN2. The van der Waals surface area contributed by atoms with Crippen molar-refractivity contribution in [3.05, 3.63) is 0 Å². The lowest BCUT2D eigenvalue weighted by molar-refractivity contribution is 0.504. The SMILES string of the molecule is CC1=NCC(C(C)C)C(BI)=N1. The minimum atomic E-state index is 0.575. The van der Waals surface area contributed by atoms with E-state index in [2.05, 4.69) is 46.2 Å². The number of nitrogens with zero attached hydrogens (tertiary/aromatic N) is 2. The summed E-state index contributed by atoms with van der Waals surface area (Å²) in [4.78, 5) is 8.82. The fourth-order valence-electron chi connectivity index (χ4n) is 1.39. The second-order valence-electron chi connectivity index (χ2n) is 3.48. The van der Waals surface area contributed by atoms with Crippen molar-refractivity contribution in [3.63, 3.8) is 0 Å². The van der Waals surface area contributed by atoms with Crippen LogP contribution >= 0.6 is 22.4 Å². The highest BCUT2D eigenvalue weighted by atomic mass is 127. The van der Waals surface area contributed by atoms with Crippen LogP contribution in [0.25, 0.3) is 0 Å². The molecule has 0 aliphatic carbocycles. The minimum Gasteiger partial charge on any atom is -0.270 e. The first-order valence-electron chi connectivity index (χ1n) is 4.29. The van der Waals surface area contributed by atoms with E-state index in [1.807, 2.05) is 6.92 Å². The Bertz CT molecular complexity index is 223. The van der Waals surface area contributed by atoms with Gasteiger partial charge in [0, 0.05) is 12.5 Å². The molecule has 2 nitrogen and oxygen atoms in total. The highest BCUT2D eigenvalue weighted by Gasteiger charge is 2.21. The Balaban J connectivity index is 2.77. The topological polar surface area (TPSA) is 24.7 Å². The average Bonchev–Trinajstić information content (AvgIpc) is 2.03. The van der Waals surface area contributed by atoms with E-state index < -0.39 is 0 Å². The van der Waals surface area contributed by atoms with Gasteiger partial charge in [-0.25, -0.2) is 0 Å². The quantitative estimate of drug-likeness (QED) is 0.543. The van der Waals surface area contributed by atoms with Crippen molar-refractivity contribution in [2.75, 3.05) is 6.54 Å². The Hall–Kier alpha value is 0.135. The number of hydrogen-bond acceptors (Lipinski definition) is 2. The molecule has 0 aromatic rings. The minimum absolute atomic E-state index is 0.575. The maximum Gasteiger partial charge on any atom is 0.251 e. The van der Waals surface area contributed by atoms with Gasteiger partial charge in [0.25, 0.3) is 5.14 Å². The van der Waals surface area contributed by atoms with Crippen LogP contribution in [0.15, 0.2) is 9.98 Å². The molecule has 0 radical (unpaired) electrons. The van der Waals surface area contributed by atoms with Crippen molar-refractivity contribution in [2.24, 2.45) is 21.8 Å². The van der Waals surface area contributed by atoms with E-state index in [1.165, 1.54) is 5.61 Å². The molecule has 0 aromatic carbocycles. The van der Waals surface area contributed by atoms with E-state index in [-0.39, 0.29) is 0 Å². The Morgan fingerprint density at radius 1 is 1.58 bits per heavy atom. The monoisotopic (exact) mass is 276 g/mol. The molecule has 12 heavy (non-hydrogen) atoms. The average molecular weight is 276 g/mol. The molecule has 0 amide bonds. The van der Waals surface area contributed by atoms with Crippen LogP contribution in [0.4, 0.5) is 0 Å². The summed E-state index contributed by atoms with van der Waals surface area (Å²) in [7, 11) is 0. The first-order chi connectivity index (χ1) is 5.65. The first-order valence-corrected chi connectivity index (χ1v) is 5.82. The van der Waals surface area contributed by atoms with Crippen molar-refractivity contribution >= 4 is 39.0 Å². The third-order valence-electron chi connectivity index (χ3n) is 2.19. The molecule has 4 heteroatoms. The maximum absolute atomic E-state index is 4.46. The summed E-state index contributed by atoms with van der Waals surface area (Å²) >= 11 is 2.38. The van der Waals surface area contributed by atoms with Gasteiger partial charge in [0.2, 0.25) is 0 Å². The van der Waals surface area contributed by atoms with E-state index in [0.717, 1.165) is 17.5 Å². The fourth-order valence-corrected chi connectivity index (χ4v) is 2.12. The number of halogens is 1. The molecule has 1 aliphatic heterocycles. The van der Waals surface area contributed by atoms with Crippen molar-refractivity contribution in [1.82, 2.24) is 0 Å². The summed E-state index contributed by atoms with van der Waals surface area (Å²) in [5, 5.41) is 1.04. The lowest BCUT2D eigenvalue weighted by Crippen LogP contribution is -2.29. The van der Waals surface area contributed by atoms with Crippen LogP contribution in [0.3, 0.4) is 0 Å². The molecule has 1 rings (SSSR count). The number of rotatable bonds is 2. The predicted molar refractivity (Wildman–Crippen MR) is 64.9 cm³/mol. The lowest BCUT2D eigenvalue weighted by Gasteiger charge is -2.23. The van der Waals surface area contributed by atoms with Crippen LogP contribution in [0.5, 0.6) is 0 Å². The molecule has 66 valence electrons. The predicted octanol–water partition coefficient (Wildman–Crippen LogP) is 1.88. The molecule has 0 saturated heterocycles. The second kappa shape index (κ2) is 4.39. The van der Waals surface area contributed by atoms with Crippen LogP contribution in [0.1, 0.15) is 20.8 Å². The van der Waals surface area contributed by atoms with Gasteiger partial charge in [-0.2, -0.15) is 0 Å². The van der Waals surface area contributed by atoms with Gasteiger partial charge >= 0.3 is 0 Å². The Morgan fingerprint density at radius 3 is 2.75 bits per heavy atom. The molecule has 0 bridgehead atoms. The zero-order valence-electron chi connectivity index (χ0n) is 7.84. The summed E-state index contributed by atoms with van der Waals surface area (Å²) in [6, 6.07) is 0. The van der Waals surface area contributed by atoms with E-state index in [9.17, 15) is 0 Å². The molecule has 1 unspecified atom stereocenters. The van der Waals surface area contributed by atoms with Crippen LogP contribution in [-0.4, -0.2) is 23.1 Å². The summed E-state index contributed by atoms with van der Waals surface area (Å²) in [6.07, 6.45) is 0. The van der Waals surface area contributed by atoms with Gasteiger partial charge in [-0.1, -0.05) is 13.8 Å². The Morgan fingerprint density at radius 2 is 2.25 bits per heavy atom. The van der Waals surface area contributed by atoms with Gasteiger partial charge < -0.3 is 0 Å². The lowest BCUT2D eigenvalue weighted by atomic mass is 9.80. The first kappa shape index (κ1) is 10.2. The summed E-state index contributed by atoms with van der Waals surface area (Å²) in [5.41, 5.74) is 1.32. The molecule has 1 heterocycles. The van der Waals surface area contributed by atoms with Crippen LogP contribution in [-0.2, 0) is 0 Å². The molecule has 0 N–H and O–H groups in total. The maximum atomic E-state index is 4.46. The van der Waals surface area contributed by atoms with Gasteiger partial charge in [-0.15, -0.1) is 22.4 Å². The van der Waals surface area contributed by atoms with Gasteiger partial charge in [0.05, 0.1) is 0 Å². The normalized spacial score (nSPS) is 23.6. The molecule has 0 spiro atoms. The van der Waals surface area contributed by atoms with Gasteiger partial charge in [0.15, 0.2) is 0 Å². The molecule has 0 saturated carbocycles. The van der Waals surface area contributed by atoms with Gasteiger partial charge in [0.1, 0.15) is 5.84 Å². The molecule has 1 atom stereocenters. The van der Waals surface area contributed by atoms with E-state index in [4.69, 9.17) is 0 Å². The largest absolute Gasteiger partial charge is 0.270 e. The van der Waals surface area contributed by atoms with Crippen molar-refractivity contribution in [1.29, 1.82) is 0 Å². The Labute approximate surface area is 88.1 Å². The number of hydrogen-bond donors (Lipinski definition) is 0. The van der Waals surface area contributed by atoms with Crippen LogP contribution < -0.4 is 0 Å². The highest BCUT2D eigenvalue weighted by molar-refractivity contribution is 14.1. The number of amidine groups is 1. The molecule has 0 fully saturated rings. The molecule has 0 aromatic heterocycles. The third kappa shape index (κ3) is 2.31. The van der Waals surface area contributed by atoms with E-state index in [1.54, 1.807) is 0 Å². The molecular weight excluding hydrogens is 262 g/mol. The summed E-state index contributed by atoms with van der Waals surface area (Å²) < 4.78 is 0. The zero-order chi connectivity index (χ0) is 9.14. The summed E-state index contributed by atoms with van der Waals surface area (Å²) in [5.74, 6) is 2.18. The van der Waals surface area contributed by atoms with Crippen molar-refractivity contribution in [3.8, 4) is 0 Å². The van der Waals surface area contributed by atoms with E-state index >= 15 is 0 Å². The third-order valence-corrected chi connectivity index (χ3v) is 2.97. The van der Waals surface area contributed by atoms with Gasteiger partial charge in [-0.05, 0) is 18.5 Å². The number of aliphatic imine (C=N–C) groups is 2. The second-order valence-corrected chi connectivity index (χ2v) is 4.24. The van der Waals surface area contributed by atoms with E-state index in [0.29, 0.717) is 11.8 Å². The van der Waals surface area contributed by atoms with Gasteiger partial charge in [-0.3, -0.25) is 9.98 Å². The van der Waals surface area contributed by atoms with Crippen molar-refractivity contribution < 1.29 is 0 Å².